The summed E-state index contributed by atoms with van der Waals surface area (Å²) in [6, 6.07) is 11.6. The van der Waals surface area contributed by atoms with E-state index in [1.807, 2.05) is 6.07 Å². The summed E-state index contributed by atoms with van der Waals surface area (Å²) in [5.41, 5.74) is -1.36. The first kappa shape index (κ1) is 15.9. The summed E-state index contributed by atoms with van der Waals surface area (Å²) >= 11 is 0. The van der Waals surface area contributed by atoms with E-state index in [4.69, 9.17) is 9.26 Å². The third-order valence-electron chi connectivity index (χ3n) is 3.12. The number of halogens is 3. The Morgan fingerprint density at radius 3 is 2.54 bits per heavy atom. The summed E-state index contributed by atoms with van der Waals surface area (Å²) in [5.74, 6) is -0.119. The quantitative estimate of drug-likeness (QED) is 0.779. The number of phenols is 1. The van der Waals surface area contributed by atoms with E-state index in [9.17, 15) is 18.3 Å². The minimum atomic E-state index is -4.66. The number of hydrogen-bond acceptors (Lipinski definition) is 5. The fourth-order valence-corrected chi connectivity index (χ4v) is 2.04. The molecule has 124 valence electrons. The molecule has 0 saturated heterocycles. The Hall–Kier alpha value is -3.03. The highest BCUT2D eigenvalue weighted by molar-refractivity contribution is 5.61. The lowest BCUT2D eigenvalue weighted by atomic mass is 10.1. The highest BCUT2D eigenvalue weighted by atomic mass is 19.4. The van der Waals surface area contributed by atoms with Crippen LogP contribution in [0.1, 0.15) is 11.4 Å². The number of aromatic nitrogens is 2. The fourth-order valence-electron chi connectivity index (χ4n) is 2.04. The second-order valence-corrected chi connectivity index (χ2v) is 4.85. The van der Waals surface area contributed by atoms with Crippen LogP contribution in [0.3, 0.4) is 0 Å². The van der Waals surface area contributed by atoms with Crippen molar-refractivity contribution in [2.45, 2.75) is 12.8 Å². The summed E-state index contributed by atoms with van der Waals surface area (Å²) in [7, 11) is 0. The predicted molar refractivity (Wildman–Crippen MR) is 77.2 cm³/mol. The maximum Gasteiger partial charge on any atom is 0.417 e. The molecule has 3 aromatic rings. The zero-order chi connectivity index (χ0) is 17.2. The molecule has 2 aromatic carbocycles. The van der Waals surface area contributed by atoms with E-state index in [1.165, 1.54) is 0 Å². The lowest BCUT2D eigenvalue weighted by Crippen LogP contribution is -2.07. The van der Waals surface area contributed by atoms with E-state index in [-0.39, 0.29) is 23.9 Å². The molecular formula is C16H11F3N2O3. The van der Waals surface area contributed by atoms with E-state index < -0.39 is 17.5 Å². The van der Waals surface area contributed by atoms with E-state index in [1.54, 1.807) is 24.3 Å². The summed E-state index contributed by atoms with van der Waals surface area (Å²) in [5, 5.41) is 12.9. The zero-order valence-corrected chi connectivity index (χ0v) is 12.1. The summed E-state index contributed by atoms with van der Waals surface area (Å²) in [4.78, 5) is 3.91. The van der Waals surface area contributed by atoms with Gasteiger partial charge in [-0.05, 0) is 30.3 Å². The van der Waals surface area contributed by atoms with Crippen LogP contribution < -0.4 is 4.74 Å². The van der Waals surface area contributed by atoms with Crippen LogP contribution in [-0.2, 0) is 12.8 Å². The van der Waals surface area contributed by atoms with E-state index in [0.29, 0.717) is 11.8 Å². The molecule has 0 aliphatic carbocycles. The molecule has 0 spiro atoms. The van der Waals surface area contributed by atoms with Crippen molar-refractivity contribution in [2.24, 2.45) is 0 Å². The molecule has 3 rings (SSSR count). The van der Waals surface area contributed by atoms with Gasteiger partial charge in [0.15, 0.2) is 6.61 Å². The van der Waals surface area contributed by atoms with Gasteiger partial charge in [0.1, 0.15) is 11.5 Å². The van der Waals surface area contributed by atoms with E-state index in [0.717, 1.165) is 12.1 Å². The normalized spacial score (nSPS) is 11.5. The topological polar surface area (TPSA) is 68.4 Å². The number of nitrogens with zero attached hydrogens (tertiary/aromatic N) is 2. The van der Waals surface area contributed by atoms with Crippen LogP contribution in [0.2, 0.25) is 0 Å². The van der Waals surface area contributed by atoms with Crippen molar-refractivity contribution in [3.63, 3.8) is 0 Å². The highest BCUT2D eigenvalue weighted by Gasteiger charge is 2.35. The summed E-state index contributed by atoms with van der Waals surface area (Å²) in [6.07, 6.45) is -4.66. The molecule has 0 fully saturated rings. The Balaban J connectivity index is 1.83. The number of hydrogen-bond donors (Lipinski definition) is 1. The third kappa shape index (κ3) is 3.48. The molecule has 0 radical (unpaired) electrons. The average molecular weight is 336 g/mol. The summed E-state index contributed by atoms with van der Waals surface area (Å²) in [6.45, 7) is -0.0487. The molecule has 0 aliphatic rings. The van der Waals surface area contributed by atoms with Crippen LogP contribution in [0.4, 0.5) is 13.2 Å². The second kappa shape index (κ2) is 6.23. The van der Waals surface area contributed by atoms with Crippen molar-refractivity contribution in [3.05, 3.63) is 59.9 Å². The number of alkyl halides is 3. The van der Waals surface area contributed by atoms with Crippen molar-refractivity contribution in [2.75, 3.05) is 0 Å². The number of rotatable bonds is 4. The number of benzene rings is 2. The van der Waals surface area contributed by atoms with Crippen molar-refractivity contribution < 1.29 is 27.5 Å². The van der Waals surface area contributed by atoms with Crippen LogP contribution >= 0.6 is 0 Å². The SMILES string of the molecule is Oc1ccc(-c2nc(COc3ccccc3)no2)c(C(F)(F)F)c1. The van der Waals surface area contributed by atoms with E-state index in [2.05, 4.69) is 10.1 Å². The molecule has 0 bridgehead atoms. The fraction of sp³-hybridized carbons (Fsp3) is 0.125. The van der Waals surface area contributed by atoms with Crippen LogP contribution in [-0.4, -0.2) is 15.2 Å². The van der Waals surface area contributed by atoms with Crippen LogP contribution in [0.15, 0.2) is 53.1 Å². The smallest absolute Gasteiger partial charge is 0.417 e. The monoisotopic (exact) mass is 336 g/mol. The lowest BCUT2D eigenvalue weighted by molar-refractivity contribution is -0.137. The molecule has 1 N–H and O–H groups in total. The molecule has 0 amide bonds. The molecule has 1 heterocycles. The van der Waals surface area contributed by atoms with Crippen LogP contribution in [0, 0.1) is 0 Å². The first-order chi connectivity index (χ1) is 11.4. The molecule has 0 atom stereocenters. The molecule has 0 saturated carbocycles. The van der Waals surface area contributed by atoms with Crippen molar-refractivity contribution in [3.8, 4) is 23.0 Å². The number of para-hydroxylation sites is 1. The van der Waals surface area contributed by atoms with Gasteiger partial charge in [0.2, 0.25) is 5.82 Å². The van der Waals surface area contributed by atoms with Gasteiger partial charge in [-0.3, -0.25) is 0 Å². The van der Waals surface area contributed by atoms with Gasteiger partial charge in [-0.15, -0.1) is 0 Å². The Morgan fingerprint density at radius 1 is 1.08 bits per heavy atom. The number of phenolic OH excluding ortho intramolecular Hbond substituents is 1. The minimum Gasteiger partial charge on any atom is -0.508 e. The van der Waals surface area contributed by atoms with E-state index >= 15 is 0 Å². The zero-order valence-electron chi connectivity index (χ0n) is 12.1. The first-order valence-electron chi connectivity index (χ1n) is 6.84. The molecule has 5 nitrogen and oxygen atoms in total. The van der Waals surface area contributed by atoms with Crippen LogP contribution in [0.5, 0.6) is 11.5 Å². The van der Waals surface area contributed by atoms with Crippen molar-refractivity contribution >= 4 is 0 Å². The van der Waals surface area contributed by atoms with Gasteiger partial charge in [-0.1, -0.05) is 23.4 Å². The van der Waals surface area contributed by atoms with Gasteiger partial charge < -0.3 is 14.4 Å². The number of aromatic hydroxyl groups is 1. The lowest BCUT2D eigenvalue weighted by Gasteiger charge is -2.10. The minimum absolute atomic E-state index is 0.0487. The Morgan fingerprint density at radius 2 is 1.83 bits per heavy atom. The van der Waals surface area contributed by atoms with Gasteiger partial charge in [-0.25, -0.2) is 0 Å². The van der Waals surface area contributed by atoms with Gasteiger partial charge in [0.05, 0.1) is 11.1 Å². The van der Waals surface area contributed by atoms with Crippen LogP contribution in [0.25, 0.3) is 11.5 Å². The molecule has 8 heteroatoms. The van der Waals surface area contributed by atoms with Gasteiger partial charge in [0, 0.05) is 0 Å². The Kier molecular flexibility index (Phi) is 4.11. The first-order valence-corrected chi connectivity index (χ1v) is 6.84. The standard InChI is InChI=1S/C16H11F3N2O3/c17-16(18,19)13-8-10(22)6-7-12(13)15-20-14(21-24-15)9-23-11-4-2-1-3-5-11/h1-8,22H,9H2. The second-order valence-electron chi connectivity index (χ2n) is 4.85. The van der Waals surface area contributed by atoms with Gasteiger partial charge in [0.25, 0.3) is 5.89 Å². The molecule has 0 aliphatic heterocycles. The molecule has 0 unspecified atom stereocenters. The summed E-state index contributed by atoms with van der Waals surface area (Å²) < 4.78 is 49.5. The third-order valence-corrected chi connectivity index (χ3v) is 3.12. The predicted octanol–water partition coefficient (Wildman–Crippen LogP) is 4.04. The maximum atomic E-state index is 13.1. The number of ether oxygens (including phenoxy) is 1. The molecular weight excluding hydrogens is 325 g/mol. The Bertz CT molecular complexity index is 832. The highest BCUT2D eigenvalue weighted by Crippen LogP contribution is 2.38. The maximum absolute atomic E-state index is 13.1. The molecule has 1 aromatic heterocycles. The van der Waals surface area contributed by atoms with Crippen molar-refractivity contribution in [1.82, 2.24) is 10.1 Å². The van der Waals surface area contributed by atoms with Gasteiger partial charge >= 0.3 is 6.18 Å². The van der Waals surface area contributed by atoms with Gasteiger partial charge in [-0.2, -0.15) is 18.2 Å². The van der Waals surface area contributed by atoms with Crippen molar-refractivity contribution in [1.29, 1.82) is 0 Å². The Labute approximate surface area is 134 Å². The molecule has 24 heavy (non-hydrogen) atoms. The average Bonchev–Trinajstić information content (AvgIpc) is 3.02. The largest absolute Gasteiger partial charge is 0.508 e.